The van der Waals surface area contributed by atoms with Gasteiger partial charge in [-0.3, -0.25) is 14.5 Å². The van der Waals surface area contributed by atoms with Gasteiger partial charge in [0.2, 0.25) is 11.8 Å². The van der Waals surface area contributed by atoms with E-state index in [1.54, 1.807) is 0 Å². The highest BCUT2D eigenvalue weighted by Crippen LogP contribution is 2.19. The number of nitrogens with one attached hydrogen (secondary N) is 2. The maximum Gasteiger partial charge on any atom is 0.237 e. The minimum Gasteiger partial charge on any atom is -0.381 e. The summed E-state index contributed by atoms with van der Waals surface area (Å²) in [6, 6.07) is -0.430. The first kappa shape index (κ1) is 21.1. The average molecular weight is 369 g/mol. The van der Waals surface area contributed by atoms with Gasteiger partial charge in [0.1, 0.15) is 0 Å². The predicted molar refractivity (Wildman–Crippen MR) is 102 cm³/mol. The Morgan fingerprint density at radius 2 is 1.77 bits per heavy atom. The summed E-state index contributed by atoms with van der Waals surface area (Å²) in [6.45, 7) is 10.3. The van der Waals surface area contributed by atoms with Crippen LogP contribution < -0.4 is 16.4 Å². The number of nitrogens with two attached hydrogens (primary N) is 1. The highest BCUT2D eigenvalue weighted by Gasteiger charge is 2.28. The van der Waals surface area contributed by atoms with Crippen molar-refractivity contribution < 1.29 is 14.3 Å². The molecule has 0 spiro atoms. The molecule has 0 saturated carbocycles. The van der Waals surface area contributed by atoms with Gasteiger partial charge < -0.3 is 21.1 Å². The van der Waals surface area contributed by atoms with E-state index in [1.807, 2.05) is 20.8 Å². The number of rotatable bonds is 6. The molecule has 2 aliphatic heterocycles. The van der Waals surface area contributed by atoms with E-state index in [-0.39, 0.29) is 23.3 Å². The standard InChI is InChI=1S/C19H36N4O3/c1-19(2,3)22-16(24)13-23-8-4-14(5-9-23)12-21-18(25)17(20)15-6-10-26-11-7-15/h14-15,17H,4-13,20H2,1-3H3,(H,21,25)(H,22,24). The molecule has 0 aromatic heterocycles. The Morgan fingerprint density at radius 1 is 1.15 bits per heavy atom. The number of amides is 2. The van der Waals surface area contributed by atoms with Crippen LogP contribution in [-0.2, 0) is 14.3 Å². The van der Waals surface area contributed by atoms with Crippen molar-refractivity contribution >= 4 is 11.8 Å². The third kappa shape index (κ3) is 7.21. The fourth-order valence-electron chi connectivity index (χ4n) is 3.66. The number of hydrogen-bond donors (Lipinski definition) is 3. The SMILES string of the molecule is CC(C)(C)NC(=O)CN1CCC(CNC(=O)C(N)C2CCOCC2)CC1. The smallest absolute Gasteiger partial charge is 0.237 e. The van der Waals surface area contributed by atoms with Crippen molar-refractivity contribution in [2.75, 3.05) is 39.4 Å². The van der Waals surface area contributed by atoms with Crippen LogP contribution in [0.3, 0.4) is 0 Å². The zero-order chi connectivity index (χ0) is 19.2. The molecule has 2 saturated heterocycles. The Labute approximate surface area is 157 Å². The molecule has 1 unspecified atom stereocenters. The zero-order valence-electron chi connectivity index (χ0n) is 16.6. The minimum absolute atomic E-state index is 0.0381. The van der Waals surface area contributed by atoms with Crippen LogP contribution in [0, 0.1) is 11.8 Å². The topological polar surface area (TPSA) is 96.7 Å². The van der Waals surface area contributed by atoms with Gasteiger partial charge in [-0.05, 0) is 71.4 Å². The van der Waals surface area contributed by atoms with E-state index in [4.69, 9.17) is 10.5 Å². The highest BCUT2D eigenvalue weighted by molar-refractivity contribution is 5.81. The van der Waals surface area contributed by atoms with Gasteiger partial charge in [0, 0.05) is 25.3 Å². The van der Waals surface area contributed by atoms with E-state index in [1.165, 1.54) is 0 Å². The number of carbonyl (C=O) groups excluding carboxylic acids is 2. The molecule has 2 heterocycles. The monoisotopic (exact) mass is 368 g/mol. The number of piperidine rings is 1. The van der Waals surface area contributed by atoms with Gasteiger partial charge in [0.25, 0.3) is 0 Å². The quantitative estimate of drug-likeness (QED) is 0.634. The molecule has 7 heteroatoms. The van der Waals surface area contributed by atoms with E-state index in [0.717, 1.165) is 38.8 Å². The molecule has 0 bridgehead atoms. The summed E-state index contributed by atoms with van der Waals surface area (Å²) in [6.07, 6.45) is 3.72. The third-order valence-corrected chi connectivity index (χ3v) is 5.23. The second-order valence-electron chi connectivity index (χ2n) is 8.74. The van der Waals surface area contributed by atoms with Crippen LogP contribution in [0.25, 0.3) is 0 Å². The molecule has 4 N–H and O–H groups in total. The van der Waals surface area contributed by atoms with Gasteiger partial charge in [-0.2, -0.15) is 0 Å². The van der Waals surface area contributed by atoms with Gasteiger partial charge in [-0.25, -0.2) is 0 Å². The zero-order valence-corrected chi connectivity index (χ0v) is 16.6. The first-order chi connectivity index (χ1) is 12.2. The Bertz CT molecular complexity index is 464. The van der Waals surface area contributed by atoms with Gasteiger partial charge >= 0.3 is 0 Å². The summed E-state index contributed by atoms with van der Waals surface area (Å²) < 4.78 is 5.33. The van der Waals surface area contributed by atoms with E-state index in [2.05, 4.69) is 15.5 Å². The van der Waals surface area contributed by atoms with Crippen molar-refractivity contribution in [3.05, 3.63) is 0 Å². The first-order valence-corrected chi connectivity index (χ1v) is 9.89. The summed E-state index contributed by atoms with van der Waals surface area (Å²) in [5.41, 5.74) is 5.92. The Morgan fingerprint density at radius 3 is 2.35 bits per heavy atom. The van der Waals surface area contributed by atoms with Crippen molar-refractivity contribution in [2.45, 2.75) is 58.0 Å². The average Bonchev–Trinajstić information content (AvgIpc) is 2.59. The van der Waals surface area contributed by atoms with Crippen LogP contribution in [0.4, 0.5) is 0 Å². The lowest BCUT2D eigenvalue weighted by atomic mass is 9.91. The fraction of sp³-hybridized carbons (Fsp3) is 0.895. The van der Waals surface area contributed by atoms with Crippen molar-refractivity contribution in [1.29, 1.82) is 0 Å². The lowest BCUT2D eigenvalue weighted by Crippen LogP contribution is -2.50. The second-order valence-corrected chi connectivity index (χ2v) is 8.74. The number of nitrogens with zero attached hydrogens (tertiary/aromatic N) is 1. The molecule has 2 amide bonds. The van der Waals surface area contributed by atoms with E-state index >= 15 is 0 Å². The number of hydrogen-bond acceptors (Lipinski definition) is 5. The number of ether oxygens (including phenoxy) is 1. The first-order valence-electron chi connectivity index (χ1n) is 9.89. The van der Waals surface area contributed by atoms with Gasteiger partial charge in [0.05, 0.1) is 12.6 Å². The second kappa shape index (κ2) is 9.67. The summed E-state index contributed by atoms with van der Waals surface area (Å²) in [7, 11) is 0. The predicted octanol–water partition coefficient (Wildman–Crippen LogP) is 0.483. The van der Waals surface area contributed by atoms with E-state index in [9.17, 15) is 9.59 Å². The molecule has 150 valence electrons. The normalized spacial score (nSPS) is 22.0. The Kier molecular flexibility index (Phi) is 7.85. The summed E-state index contributed by atoms with van der Waals surface area (Å²) >= 11 is 0. The molecule has 2 aliphatic rings. The van der Waals surface area contributed by atoms with Crippen LogP contribution in [0.1, 0.15) is 46.5 Å². The highest BCUT2D eigenvalue weighted by atomic mass is 16.5. The minimum atomic E-state index is -0.430. The van der Waals surface area contributed by atoms with Crippen molar-refractivity contribution in [2.24, 2.45) is 17.6 Å². The van der Waals surface area contributed by atoms with Crippen molar-refractivity contribution in [1.82, 2.24) is 15.5 Å². The molecule has 7 nitrogen and oxygen atoms in total. The van der Waals surface area contributed by atoms with Gasteiger partial charge in [0.15, 0.2) is 0 Å². The Balaban J connectivity index is 1.64. The maximum absolute atomic E-state index is 12.3. The van der Waals surface area contributed by atoms with Gasteiger partial charge in [-0.1, -0.05) is 0 Å². The molecule has 0 radical (unpaired) electrons. The molecule has 2 rings (SSSR count). The van der Waals surface area contributed by atoms with Crippen LogP contribution in [-0.4, -0.2) is 67.7 Å². The van der Waals surface area contributed by atoms with Crippen LogP contribution >= 0.6 is 0 Å². The molecule has 26 heavy (non-hydrogen) atoms. The third-order valence-electron chi connectivity index (χ3n) is 5.23. The fourth-order valence-corrected chi connectivity index (χ4v) is 3.66. The largest absolute Gasteiger partial charge is 0.381 e. The summed E-state index contributed by atoms with van der Waals surface area (Å²) in [5.74, 6) is 0.727. The van der Waals surface area contributed by atoms with Crippen LogP contribution in [0.2, 0.25) is 0 Å². The van der Waals surface area contributed by atoms with Crippen molar-refractivity contribution in [3.63, 3.8) is 0 Å². The molecule has 0 aromatic carbocycles. The molecule has 1 atom stereocenters. The summed E-state index contributed by atoms with van der Waals surface area (Å²) in [4.78, 5) is 26.5. The number of carbonyl (C=O) groups is 2. The maximum atomic E-state index is 12.3. The lowest BCUT2D eigenvalue weighted by Gasteiger charge is -2.33. The van der Waals surface area contributed by atoms with Crippen molar-refractivity contribution in [3.8, 4) is 0 Å². The van der Waals surface area contributed by atoms with Gasteiger partial charge in [-0.15, -0.1) is 0 Å². The lowest BCUT2D eigenvalue weighted by molar-refractivity contribution is -0.124. The molecular weight excluding hydrogens is 332 g/mol. The molecule has 2 fully saturated rings. The molecular formula is C19H36N4O3. The molecule has 0 aromatic rings. The number of likely N-dealkylation sites (tertiary alicyclic amines) is 1. The molecule has 0 aliphatic carbocycles. The van der Waals surface area contributed by atoms with E-state index < -0.39 is 6.04 Å². The van der Waals surface area contributed by atoms with Crippen LogP contribution in [0.5, 0.6) is 0 Å². The summed E-state index contributed by atoms with van der Waals surface area (Å²) in [5, 5.41) is 6.03. The Hall–Kier alpha value is -1.18. The van der Waals surface area contributed by atoms with E-state index in [0.29, 0.717) is 32.2 Å². The van der Waals surface area contributed by atoms with Crippen LogP contribution in [0.15, 0.2) is 0 Å².